The number of thiophene rings is 1. The van der Waals surface area contributed by atoms with Crippen LogP contribution in [0.2, 0.25) is 5.02 Å². The number of carbonyl (C=O) groups excluding carboxylic acids is 1. The Morgan fingerprint density at radius 3 is 2.54 bits per heavy atom. The molecule has 154 valence electrons. The number of unbranched alkanes of at least 4 members (excludes halogenated alkanes) is 2. The van der Waals surface area contributed by atoms with Crippen LogP contribution in [0.1, 0.15) is 54.8 Å². The maximum absolute atomic E-state index is 12.8. The van der Waals surface area contributed by atoms with Gasteiger partial charge in [-0.1, -0.05) is 37.8 Å². The lowest BCUT2D eigenvalue weighted by atomic mass is 10.1. The van der Waals surface area contributed by atoms with Gasteiger partial charge in [-0.3, -0.25) is 4.79 Å². The maximum Gasteiger partial charge on any atom is 0.305 e. The van der Waals surface area contributed by atoms with Crippen molar-refractivity contribution in [3.05, 3.63) is 51.2 Å². The van der Waals surface area contributed by atoms with Gasteiger partial charge in [0.25, 0.3) is 0 Å². The Labute approximate surface area is 176 Å². The maximum atomic E-state index is 12.8. The Morgan fingerprint density at radius 2 is 1.89 bits per heavy atom. The first kappa shape index (κ1) is 22.9. The van der Waals surface area contributed by atoms with Gasteiger partial charge in [0, 0.05) is 14.8 Å². The second-order valence-electron chi connectivity index (χ2n) is 6.50. The van der Waals surface area contributed by atoms with E-state index in [-0.39, 0.29) is 16.9 Å². The monoisotopic (exact) mass is 443 g/mol. The highest BCUT2D eigenvalue weighted by Gasteiger charge is 2.22. The van der Waals surface area contributed by atoms with E-state index < -0.39 is 10.0 Å². The molecular formula is C20H26ClNO4S2. The number of rotatable bonds is 11. The SMILES string of the molecule is CCCCCC(NS(=O)(=O)c1ccc(Cl)cc1)c1ccc(CCC(=O)OC)s1. The van der Waals surface area contributed by atoms with E-state index in [1.165, 1.54) is 30.6 Å². The van der Waals surface area contributed by atoms with Crippen LogP contribution in [0.3, 0.4) is 0 Å². The molecule has 2 aromatic rings. The van der Waals surface area contributed by atoms with Crippen molar-refractivity contribution in [1.82, 2.24) is 4.72 Å². The summed E-state index contributed by atoms with van der Waals surface area (Å²) in [7, 11) is -2.29. The molecule has 1 unspecified atom stereocenters. The Kier molecular flexibility index (Phi) is 8.95. The molecule has 0 radical (unpaired) electrons. The largest absolute Gasteiger partial charge is 0.469 e. The van der Waals surface area contributed by atoms with E-state index >= 15 is 0 Å². The average molecular weight is 444 g/mol. The van der Waals surface area contributed by atoms with Gasteiger partial charge in [0.15, 0.2) is 0 Å². The Balaban J connectivity index is 2.16. The van der Waals surface area contributed by atoms with Crippen LogP contribution >= 0.6 is 22.9 Å². The second-order valence-corrected chi connectivity index (χ2v) is 9.85. The molecule has 0 bridgehead atoms. The summed E-state index contributed by atoms with van der Waals surface area (Å²) in [6, 6.07) is 9.74. The fourth-order valence-corrected chi connectivity index (χ4v) is 5.32. The average Bonchev–Trinajstić information content (AvgIpc) is 3.14. The molecule has 0 saturated carbocycles. The molecule has 1 aromatic heterocycles. The van der Waals surface area contributed by atoms with E-state index in [9.17, 15) is 13.2 Å². The number of halogens is 1. The minimum atomic E-state index is -3.66. The Hall–Kier alpha value is -1.41. The van der Waals surface area contributed by atoms with E-state index in [0.29, 0.717) is 17.9 Å². The lowest BCUT2D eigenvalue weighted by molar-refractivity contribution is -0.140. The number of nitrogens with one attached hydrogen (secondary N) is 1. The minimum absolute atomic E-state index is 0.194. The molecule has 0 aliphatic rings. The standard InChI is InChI=1S/C20H26ClNO4S2/c1-3-4-5-6-18(19-13-9-16(27-19)10-14-20(23)26-2)22-28(24,25)17-11-7-15(21)8-12-17/h7-9,11-13,18,22H,3-6,10,14H2,1-2H3. The van der Waals surface area contributed by atoms with Crippen molar-refractivity contribution in [3.8, 4) is 0 Å². The molecule has 1 aromatic carbocycles. The van der Waals surface area contributed by atoms with E-state index in [1.54, 1.807) is 12.1 Å². The number of hydrogen-bond acceptors (Lipinski definition) is 5. The molecule has 0 spiro atoms. The Morgan fingerprint density at radius 1 is 1.18 bits per heavy atom. The van der Waals surface area contributed by atoms with Gasteiger partial charge in [0.2, 0.25) is 10.0 Å². The molecule has 0 aliphatic carbocycles. The molecule has 5 nitrogen and oxygen atoms in total. The van der Waals surface area contributed by atoms with Gasteiger partial charge in [-0.2, -0.15) is 0 Å². The summed E-state index contributed by atoms with van der Waals surface area (Å²) >= 11 is 7.40. The lowest BCUT2D eigenvalue weighted by Gasteiger charge is -2.18. The molecular weight excluding hydrogens is 418 g/mol. The van der Waals surface area contributed by atoms with Crippen molar-refractivity contribution in [2.75, 3.05) is 7.11 Å². The van der Waals surface area contributed by atoms with Gasteiger partial charge in [-0.05, 0) is 49.2 Å². The van der Waals surface area contributed by atoms with E-state index in [1.807, 2.05) is 12.1 Å². The topological polar surface area (TPSA) is 72.5 Å². The normalized spacial score (nSPS) is 12.7. The van der Waals surface area contributed by atoms with Crippen molar-refractivity contribution < 1.29 is 17.9 Å². The van der Waals surface area contributed by atoms with Crippen LogP contribution in [0.5, 0.6) is 0 Å². The summed E-state index contributed by atoms with van der Waals surface area (Å²) in [5.41, 5.74) is 0. The first-order chi connectivity index (χ1) is 13.4. The van der Waals surface area contributed by atoms with Gasteiger partial charge >= 0.3 is 5.97 Å². The number of ether oxygens (including phenoxy) is 1. The minimum Gasteiger partial charge on any atom is -0.469 e. The zero-order valence-electron chi connectivity index (χ0n) is 16.1. The summed E-state index contributed by atoms with van der Waals surface area (Å²) in [4.78, 5) is 13.5. The van der Waals surface area contributed by atoms with Crippen molar-refractivity contribution in [1.29, 1.82) is 0 Å². The first-order valence-electron chi connectivity index (χ1n) is 9.29. The second kappa shape index (κ2) is 11.0. The lowest BCUT2D eigenvalue weighted by Crippen LogP contribution is -2.28. The molecule has 1 heterocycles. The van der Waals surface area contributed by atoms with Crippen molar-refractivity contribution >= 4 is 38.9 Å². The Bertz CT molecular complexity index is 863. The molecule has 8 heteroatoms. The summed E-state index contributed by atoms with van der Waals surface area (Å²) in [6.07, 6.45) is 4.65. The number of aryl methyl sites for hydroxylation is 1. The van der Waals surface area contributed by atoms with Gasteiger partial charge in [0.1, 0.15) is 0 Å². The molecule has 2 rings (SSSR count). The summed E-state index contributed by atoms with van der Waals surface area (Å²) in [6.45, 7) is 2.11. The van der Waals surface area contributed by atoms with E-state index in [0.717, 1.165) is 35.4 Å². The van der Waals surface area contributed by atoms with Crippen molar-refractivity contribution in [2.24, 2.45) is 0 Å². The number of hydrogen-bond donors (Lipinski definition) is 1. The molecule has 0 amide bonds. The van der Waals surface area contributed by atoms with Crippen LogP contribution in [0.15, 0.2) is 41.3 Å². The number of carbonyl (C=O) groups is 1. The molecule has 0 saturated heterocycles. The third-order valence-corrected chi connectivity index (χ3v) is 7.35. The fourth-order valence-electron chi connectivity index (χ4n) is 2.77. The number of sulfonamides is 1. The third kappa shape index (κ3) is 6.88. The summed E-state index contributed by atoms with van der Waals surface area (Å²) in [5.74, 6) is -0.252. The van der Waals surface area contributed by atoms with Crippen LogP contribution in [-0.2, 0) is 26.0 Å². The van der Waals surface area contributed by atoms with Crippen molar-refractivity contribution in [2.45, 2.75) is 56.4 Å². The third-order valence-electron chi connectivity index (χ3n) is 4.35. The van der Waals surface area contributed by atoms with Gasteiger partial charge in [0.05, 0.1) is 24.5 Å². The molecule has 0 fully saturated rings. The predicted octanol–water partition coefficient (Wildman–Crippen LogP) is 5.11. The smallest absolute Gasteiger partial charge is 0.305 e. The van der Waals surface area contributed by atoms with Gasteiger partial charge in [-0.15, -0.1) is 11.3 Å². The highest BCUT2D eigenvalue weighted by Crippen LogP contribution is 2.30. The number of esters is 1. The fraction of sp³-hybridized carbons (Fsp3) is 0.450. The molecule has 1 atom stereocenters. The van der Waals surface area contributed by atoms with Crippen LogP contribution in [0.25, 0.3) is 0 Å². The first-order valence-corrected chi connectivity index (χ1v) is 12.0. The van der Waals surface area contributed by atoms with Gasteiger partial charge < -0.3 is 4.74 Å². The van der Waals surface area contributed by atoms with Crippen LogP contribution in [-0.4, -0.2) is 21.5 Å². The van der Waals surface area contributed by atoms with Crippen LogP contribution in [0.4, 0.5) is 0 Å². The zero-order chi connectivity index (χ0) is 20.6. The highest BCUT2D eigenvalue weighted by molar-refractivity contribution is 7.89. The summed E-state index contributed by atoms with van der Waals surface area (Å²) in [5, 5.41) is 0.493. The predicted molar refractivity (Wildman–Crippen MR) is 113 cm³/mol. The molecule has 1 N–H and O–H groups in total. The molecule has 28 heavy (non-hydrogen) atoms. The zero-order valence-corrected chi connectivity index (χ0v) is 18.5. The number of methoxy groups -OCH3 is 1. The van der Waals surface area contributed by atoms with Crippen molar-refractivity contribution in [3.63, 3.8) is 0 Å². The van der Waals surface area contributed by atoms with Crippen LogP contribution < -0.4 is 4.72 Å². The number of benzene rings is 1. The van der Waals surface area contributed by atoms with E-state index in [4.69, 9.17) is 11.6 Å². The van der Waals surface area contributed by atoms with E-state index in [2.05, 4.69) is 16.4 Å². The highest BCUT2D eigenvalue weighted by atomic mass is 35.5. The quantitative estimate of drug-likeness (QED) is 0.387. The summed E-state index contributed by atoms with van der Waals surface area (Å²) < 4.78 is 33.1. The molecule has 0 aliphatic heterocycles. The van der Waals surface area contributed by atoms with Crippen LogP contribution in [0, 0.1) is 0 Å². The van der Waals surface area contributed by atoms with Gasteiger partial charge in [-0.25, -0.2) is 13.1 Å².